The predicted octanol–water partition coefficient (Wildman–Crippen LogP) is 2.05. The Kier molecular flexibility index (Phi) is 4.16. The second kappa shape index (κ2) is 6.27. The van der Waals surface area contributed by atoms with Crippen molar-refractivity contribution >= 4 is 23.2 Å². The minimum Gasteiger partial charge on any atom is -0.362 e. The van der Waals surface area contributed by atoms with E-state index in [-0.39, 0.29) is 5.91 Å². The summed E-state index contributed by atoms with van der Waals surface area (Å²) in [5.41, 5.74) is 3.88. The van der Waals surface area contributed by atoms with E-state index in [2.05, 4.69) is 20.4 Å². The number of carbonyl (C=O) groups is 1. The smallest absolute Gasteiger partial charge is 0.254 e. The van der Waals surface area contributed by atoms with Gasteiger partial charge in [-0.05, 0) is 24.6 Å². The zero-order valence-corrected chi connectivity index (χ0v) is 14.2. The lowest BCUT2D eigenvalue weighted by atomic mass is 10.0. The molecule has 7 heteroatoms. The van der Waals surface area contributed by atoms with Crippen molar-refractivity contribution in [1.29, 1.82) is 0 Å². The molecule has 0 saturated heterocycles. The molecule has 1 amide bonds. The quantitative estimate of drug-likeness (QED) is 0.795. The summed E-state index contributed by atoms with van der Waals surface area (Å²) in [4.78, 5) is 22.0. The molecule has 1 N–H and O–H groups in total. The molecule has 0 fully saturated rings. The number of amides is 1. The molecule has 2 heterocycles. The normalized spacial score (nSPS) is 10.8. The van der Waals surface area contributed by atoms with Crippen molar-refractivity contribution in [2.45, 2.75) is 20.3 Å². The van der Waals surface area contributed by atoms with E-state index < -0.39 is 0 Å². The van der Waals surface area contributed by atoms with Gasteiger partial charge in [-0.1, -0.05) is 12.1 Å². The van der Waals surface area contributed by atoms with E-state index in [0.717, 1.165) is 28.3 Å². The number of hydrogen-bond acceptors (Lipinski definition) is 5. The van der Waals surface area contributed by atoms with Gasteiger partial charge in [0.15, 0.2) is 0 Å². The number of carbonyl (C=O) groups excluding carboxylic acids is 1. The van der Waals surface area contributed by atoms with Crippen LogP contribution in [0.3, 0.4) is 0 Å². The molecule has 0 atom stereocenters. The number of nitrogens with zero attached hydrogens (tertiary/aromatic N) is 5. The minimum absolute atomic E-state index is 0.0805. The third kappa shape index (κ3) is 3.05. The van der Waals surface area contributed by atoms with Gasteiger partial charge in [0.25, 0.3) is 5.78 Å². The molecule has 3 rings (SSSR count). The Labute approximate surface area is 140 Å². The number of aromatic nitrogens is 4. The lowest BCUT2D eigenvalue weighted by Crippen LogP contribution is -2.18. The summed E-state index contributed by atoms with van der Waals surface area (Å²) < 4.78 is 1.75. The number of hydrogen-bond donors (Lipinski definition) is 1. The van der Waals surface area contributed by atoms with Crippen molar-refractivity contribution in [3.63, 3.8) is 0 Å². The topological polar surface area (TPSA) is 75.4 Å². The SMILES string of the molecule is CC(=O)Nc1cccc(Cc2c(C)nc3ncnn3c2N(C)C)c1. The van der Waals surface area contributed by atoms with Gasteiger partial charge in [0.05, 0.1) is 0 Å². The second-order valence-corrected chi connectivity index (χ2v) is 5.92. The van der Waals surface area contributed by atoms with Crippen molar-refractivity contribution in [2.75, 3.05) is 24.3 Å². The number of rotatable bonds is 4. The van der Waals surface area contributed by atoms with Gasteiger partial charge in [-0.25, -0.2) is 4.98 Å². The fraction of sp³-hybridized carbons (Fsp3) is 0.294. The summed E-state index contributed by atoms with van der Waals surface area (Å²) in [5, 5.41) is 7.10. The van der Waals surface area contributed by atoms with E-state index in [1.54, 1.807) is 4.52 Å². The fourth-order valence-corrected chi connectivity index (χ4v) is 2.80. The summed E-state index contributed by atoms with van der Waals surface area (Å²) in [7, 11) is 3.96. The molecule has 0 bridgehead atoms. The maximum Gasteiger partial charge on any atom is 0.254 e. The van der Waals surface area contributed by atoms with E-state index in [1.165, 1.54) is 13.3 Å². The maximum absolute atomic E-state index is 11.3. The Hall–Kier alpha value is -2.96. The Morgan fingerprint density at radius 2 is 2.12 bits per heavy atom. The van der Waals surface area contributed by atoms with Gasteiger partial charge in [0, 0.05) is 44.4 Å². The summed E-state index contributed by atoms with van der Waals surface area (Å²) in [6.07, 6.45) is 2.20. The average molecular weight is 324 g/mol. The molecule has 0 saturated carbocycles. The first-order valence-electron chi connectivity index (χ1n) is 7.69. The first-order chi connectivity index (χ1) is 11.5. The van der Waals surface area contributed by atoms with Crippen LogP contribution >= 0.6 is 0 Å². The summed E-state index contributed by atoms with van der Waals surface area (Å²) >= 11 is 0. The largest absolute Gasteiger partial charge is 0.362 e. The minimum atomic E-state index is -0.0805. The van der Waals surface area contributed by atoms with Crippen LogP contribution in [-0.2, 0) is 11.2 Å². The number of anilines is 2. The van der Waals surface area contributed by atoms with E-state index in [9.17, 15) is 4.79 Å². The Morgan fingerprint density at radius 3 is 2.83 bits per heavy atom. The predicted molar refractivity (Wildman–Crippen MR) is 93.4 cm³/mol. The monoisotopic (exact) mass is 324 g/mol. The van der Waals surface area contributed by atoms with Crippen molar-refractivity contribution in [1.82, 2.24) is 19.6 Å². The molecule has 0 aliphatic carbocycles. The summed E-state index contributed by atoms with van der Waals surface area (Å²) in [6, 6.07) is 7.83. The fourth-order valence-electron chi connectivity index (χ4n) is 2.80. The highest BCUT2D eigenvalue weighted by Gasteiger charge is 2.16. The van der Waals surface area contributed by atoms with Crippen LogP contribution in [0.4, 0.5) is 11.5 Å². The van der Waals surface area contributed by atoms with Gasteiger partial charge >= 0.3 is 0 Å². The van der Waals surface area contributed by atoms with Crippen LogP contribution in [-0.4, -0.2) is 39.6 Å². The van der Waals surface area contributed by atoms with Gasteiger partial charge in [-0.3, -0.25) is 4.79 Å². The number of benzene rings is 1. The van der Waals surface area contributed by atoms with Gasteiger partial charge in [-0.2, -0.15) is 14.6 Å². The summed E-state index contributed by atoms with van der Waals surface area (Å²) in [6.45, 7) is 3.48. The molecule has 2 aromatic heterocycles. The standard InChI is InChI=1S/C17H20N6O/c1-11-15(9-13-6-5-7-14(8-13)21-12(2)24)16(22(3)4)23-17(20-11)18-10-19-23/h5-8,10H,9H2,1-4H3,(H,21,24). The maximum atomic E-state index is 11.3. The van der Waals surface area contributed by atoms with E-state index in [4.69, 9.17) is 0 Å². The highest BCUT2D eigenvalue weighted by Crippen LogP contribution is 2.25. The summed E-state index contributed by atoms with van der Waals surface area (Å²) in [5.74, 6) is 1.47. The molecule has 7 nitrogen and oxygen atoms in total. The van der Waals surface area contributed by atoms with E-state index >= 15 is 0 Å². The van der Waals surface area contributed by atoms with Crippen LogP contribution in [0.25, 0.3) is 5.78 Å². The third-order valence-corrected chi connectivity index (χ3v) is 3.76. The first kappa shape index (κ1) is 15.9. The zero-order valence-electron chi connectivity index (χ0n) is 14.2. The highest BCUT2D eigenvalue weighted by molar-refractivity contribution is 5.88. The molecular formula is C17H20N6O. The number of aryl methyl sites for hydroxylation is 1. The van der Waals surface area contributed by atoms with Crippen molar-refractivity contribution < 1.29 is 4.79 Å². The Bertz CT molecular complexity index is 899. The molecule has 3 aromatic rings. The molecule has 24 heavy (non-hydrogen) atoms. The van der Waals surface area contributed by atoms with E-state index in [0.29, 0.717) is 12.2 Å². The molecule has 0 spiro atoms. The van der Waals surface area contributed by atoms with Crippen LogP contribution in [0, 0.1) is 6.92 Å². The van der Waals surface area contributed by atoms with Crippen LogP contribution in [0.2, 0.25) is 0 Å². The lowest BCUT2D eigenvalue weighted by molar-refractivity contribution is -0.114. The molecule has 0 unspecified atom stereocenters. The Morgan fingerprint density at radius 1 is 1.33 bits per heavy atom. The second-order valence-electron chi connectivity index (χ2n) is 5.92. The van der Waals surface area contributed by atoms with Gasteiger partial charge in [0.1, 0.15) is 12.1 Å². The lowest BCUT2D eigenvalue weighted by Gasteiger charge is -2.20. The molecule has 0 aliphatic rings. The van der Waals surface area contributed by atoms with Crippen molar-refractivity contribution in [2.24, 2.45) is 0 Å². The molecule has 1 aromatic carbocycles. The molecule has 0 radical (unpaired) electrons. The van der Waals surface area contributed by atoms with Crippen molar-refractivity contribution in [3.05, 3.63) is 47.4 Å². The van der Waals surface area contributed by atoms with Crippen LogP contribution in [0.5, 0.6) is 0 Å². The zero-order chi connectivity index (χ0) is 17.3. The average Bonchev–Trinajstić information content (AvgIpc) is 2.94. The Balaban J connectivity index is 2.05. The number of nitrogens with one attached hydrogen (secondary N) is 1. The van der Waals surface area contributed by atoms with Crippen LogP contribution in [0.15, 0.2) is 30.6 Å². The number of fused-ring (bicyclic) bond motifs is 1. The van der Waals surface area contributed by atoms with Crippen LogP contribution < -0.4 is 10.2 Å². The van der Waals surface area contributed by atoms with E-state index in [1.807, 2.05) is 50.2 Å². The molecule has 0 aliphatic heterocycles. The van der Waals surface area contributed by atoms with Gasteiger partial charge in [-0.15, -0.1) is 0 Å². The van der Waals surface area contributed by atoms with Gasteiger partial charge < -0.3 is 10.2 Å². The van der Waals surface area contributed by atoms with Crippen molar-refractivity contribution in [3.8, 4) is 0 Å². The first-order valence-corrected chi connectivity index (χ1v) is 7.69. The highest BCUT2D eigenvalue weighted by atomic mass is 16.1. The molecular weight excluding hydrogens is 304 g/mol. The molecule has 124 valence electrons. The van der Waals surface area contributed by atoms with Gasteiger partial charge in [0.2, 0.25) is 5.91 Å². The third-order valence-electron chi connectivity index (χ3n) is 3.76. The van der Waals surface area contributed by atoms with Crippen LogP contribution in [0.1, 0.15) is 23.7 Å².